The van der Waals surface area contributed by atoms with E-state index in [-0.39, 0.29) is 5.91 Å². The molecule has 3 aromatic rings. The van der Waals surface area contributed by atoms with Gasteiger partial charge in [-0.15, -0.1) is 0 Å². The molecule has 5 rings (SSSR count). The fourth-order valence-electron chi connectivity index (χ4n) is 4.87. The number of piperidine rings is 1. The van der Waals surface area contributed by atoms with Crippen LogP contribution in [-0.4, -0.2) is 75.6 Å². The second kappa shape index (κ2) is 7.87. The third-order valence-electron chi connectivity index (χ3n) is 6.56. The summed E-state index contributed by atoms with van der Waals surface area (Å²) >= 11 is 0. The van der Waals surface area contributed by atoms with Crippen LogP contribution in [0.15, 0.2) is 30.3 Å². The van der Waals surface area contributed by atoms with E-state index in [1.54, 1.807) is 0 Å². The summed E-state index contributed by atoms with van der Waals surface area (Å²) < 4.78 is 1.93. The standard InChI is InChI=1S/C23H30N6O/c1-17-15-21-24-23(19-8-3-4-9-20(19)29(21)25-17)27-13-11-26(12-14-27)16-22(30)28-10-6-5-7-18(28)2/h3-4,8-9,15,18H,5-7,10-14,16H2,1-2H3. The molecule has 7 nitrogen and oxygen atoms in total. The maximum atomic E-state index is 12.8. The molecule has 0 N–H and O–H groups in total. The summed E-state index contributed by atoms with van der Waals surface area (Å²) in [7, 11) is 0. The van der Waals surface area contributed by atoms with Gasteiger partial charge in [0, 0.05) is 50.2 Å². The fraction of sp³-hybridized carbons (Fsp3) is 0.522. The maximum absolute atomic E-state index is 12.8. The molecule has 2 aliphatic heterocycles. The van der Waals surface area contributed by atoms with Crippen molar-refractivity contribution < 1.29 is 4.79 Å². The highest BCUT2D eigenvalue weighted by Gasteiger charge is 2.27. The summed E-state index contributed by atoms with van der Waals surface area (Å²) in [5.74, 6) is 1.31. The number of para-hydroxylation sites is 1. The molecule has 2 aliphatic rings. The number of nitrogens with zero attached hydrogens (tertiary/aromatic N) is 6. The molecule has 0 aliphatic carbocycles. The number of carbonyl (C=O) groups is 1. The van der Waals surface area contributed by atoms with Crippen molar-refractivity contribution in [2.24, 2.45) is 0 Å². The SMILES string of the molecule is Cc1cc2nc(N3CCN(CC(=O)N4CCCCC4C)CC3)c3ccccc3n2n1. The zero-order valence-corrected chi connectivity index (χ0v) is 17.9. The number of piperazine rings is 1. The average molecular weight is 407 g/mol. The van der Waals surface area contributed by atoms with Gasteiger partial charge >= 0.3 is 0 Å². The molecule has 1 amide bonds. The molecule has 1 atom stereocenters. The first kappa shape index (κ1) is 19.3. The Morgan fingerprint density at radius 2 is 1.90 bits per heavy atom. The van der Waals surface area contributed by atoms with E-state index in [1.165, 1.54) is 6.42 Å². The first-order valence-electron chi connectivity index (χ1n) is 11.1. The third kappa shape index (κ3) is 3.51. The molecule has 0 radical (unpaired) electrons. The van der Waals surface area contributed by atoms with Crippen molar-refractivity contribution >= 4 is 28.3 Å². The van der Waals surface area contributed by atoms with Crippen molar-refractivity contribution in [1.29, 1.82) is 0 Å². The number of hydrogen-bond acceptors (Lipinski definition) is 5. The third-order valence-corrected chi connectivity index (χ3v) is 6.56. The second-order valence-electron chi connectivity index (χ2n) is 8.70. The zero-order chi connectivity index (χ0) is 20.7. The number of anilines is 1. The van der Waals surface area contributed by atoms with E-state index in [1.807, 2.05) is 23.6 Å². The van der Waals surface area contributed by atoms with E-state index in [9.17, 15) is 4.79 Å². The van der Waals surface area contributed by atoms with Gasteiger partial charge in [-0.25, -0.2) is 9.50 Å². The highest BCUT2D eigenvalue weighted by molar-refractivity contribution is 5.91. The predicted molar refractivity (Wildman–Crippen MR) is 119 cm³/mol. The summed E-state index contributed by atoms with van der Waals surface area (Å²) in [5.41, 5.74) is 2.94. The van der Waals surface area contributed by atoms with Crippen molar-refractivity contribution in [3.8, 4) is 0 Å². The average Bonchev–Trinajstić information content (AvgIpc) is 3.14. The number of aryl methyl sites for hydroxylation is 1. The molecular formula is C23H30N6O. The van der Waals surface area contributed by atoms with Gasteiger partial charge in [-0.05, 0) is 45.2 Å². The van der Waals surface area contributed by atoms with Crippen molar-refractivity contribution in [2.45, 2.75) is 39.2 Å². The fourth-order valence-corrected chi connectivity index (χ4v) is 4.87. The lowest BCUT2D eigenvalue weighted by atomic mass is 10.0. The molecule has 2 aromatic heterocycles. The highest BCUT2D eigenvalue weighted by atomic mass is 16.2. The largest absolute Gasteiger partial charge is 0.353 e. The molecule has 2 saturated heterocycles. The van der Waals surface area contributed by atoms with Crippen LogP contribution in [0.5, 0.6) is 0 Å². The lowest BCUT2D eigenvalue weighted by molar-refractivity contribution is -0.135. The van der Waals surface area contributed by atoms with E-state index in [2.05, 4.69) is 44.9 Å². The smallest absolute Gasteiger partial charge is 0.236 e. The van der Waals surface area contributed by atoms with Gasteiger partial charge in [-0.3, -0.25) is 9.69 Å². The Morgan fingerprint density at radius 1 is 1.10 bits per heavy atom. The van der Waals surface area contributed by atoms with E-state index < -0.39 is 0 Å². The minimum Gasteiger partial charge on any atom is -0.353 e. The van der Waals surface area contributed by atoms with Crippen molar-refractivity contribution in [2.75, 3.05) is 44.2 Å². The summed E-state index contributed by atoms with van der Waals surface area (Å²) in [6.07, 6.45) is 3.51. The van der Waals surface area contributed by atoms with Gasteiger partial charge in [0.05, 0.1) is 17.8 Å². The number of carbonyl (C=O) groups excluding carboxylic acids is 1. The molecule has 1 aromatic carbocycles. The number of amides is 1. The molecule has 1 unspecified atom stereocenters. The minimum absolute atomic E-state index is 0.287. The molecule has 0 saturated carbocycles. The normalized spacial score (nSPS) is 20.9. The zero-order valence-electron chi connectivity index (χ0n) is 17.9. The van der Waals surface area contributed by atoms with Gasteiger partial charge in [0.1, 0.15) is 5.82 Å². The lowest BCUT2D eigenvalue weighted by Gasteiger charge is -2.38. The van der Waals surface area contributed by atoms with Crippen LogP contribution in [0.4, 0.5) is 5.82 Å². The molecule has 2 fully saturated rings. The highest BCUT2D eigenvalue weighted by Crippen LogP contribution is 2.27. The van der Waals surface area contributed by atoms with Crippen LogP contribution in [-0.2, 0) is 4.79 Å². The maximum Gasteiger partial charge on any atom is 0.236 e. The molecule has 0 bridgehead atoms. The van der Waals surface area contributed by atoms with E-state index in [4.69, 9.17) is 4.98 Å². The molecule has 0 spiro atoms. The summed E-state index contributed by atoms with van der Waals surface area (Å²) in [6, 6.07) is 10.8. The van der Waals surface area contributed by atoms with Crippen molar-refractivity contribution in [3.05, 3.63) is 36.0 Å². The first-order chi connectivity index (χ1) is 14.6. The number of fused-ring (bicyclic) bond motifs is 3. The number of hydrogen-bond donors (Lipinski definition) is 0. The number of benzene rings is 1. The van der Waals surface area contributed by atoms with Crippen LogP contribution in [0.25, 0.3) is 16.6 Å². The van der Waals surface area contributed by atoms with Crippen molar-refractivity contribution in [3.63, 3.8) is 0 Å². The Labute approximate surface area is 177 Å². The quantitative estimate of drug-likeness (QED) is 0.669. The van der Waals surface area contributed by atoms with Crippen LogP contribution in [0, 0.1) is 6.92 Å². The van der Waals surface area contributed by atoms with E-state index >= 15 is 0 Å². The Bertz CT molecular complexity index is 1070. The molecule has 7 heteroatoms. The van der Waals surface area contributed by atoms with Crippen LogP contribution >= 0.6 is 0 Å². The minimum atomic E-state index is 0.287. The van der Waals surface area contributed by atoms with Crippen LogP contribution in [0.1, 0.15) is 31.9 Å². The van der Waals surface area contributed by atoms with Gasteiger partial charge in [-0.2, -0.15) is 5.10 Å². The number of aromatic nitrogens is 3. The first-order valence-corrected chi connectivity index (χ1v) is 11.1. The molecule has 4 heterocycles. The molecule has 30 heavy (non-hydrogen) atoms. The Morgan fingerprint density at radius 3 is 2.70 bits per heavy atom. The van der Waals surface area contributed by atoms with Crippen LogP contribution in [0.2, 0.25) is 0 Å². The Kier molecular flexibility index (Phi) is 5.06. The number of rotatable bonds is 3. The summed E-state index contributed by atoms with van der Waals surface area (Å²) in [6.45, 7) is 9.16. The van der Waals surface area contributed by atoms with E-state index in [0.717, 1.165) is 73.6 Å². The Balaban J connectivity index is 1.32. The van der Waals surface area contributed by atoms with Crippen LogP contribution < -0.4 is 4.90 Å². The van der Waals surface area contributed by atoms with E-state index in [0.29, 0.717) is 12.6 Å². The lowest BCUT2D eigenvalue weighted by Crippen LogP contribution is -2.52. The van der Waals surface area contributed by atoms with Crippen molar-refractivity contribution in [1.82, 2.24) is 24.4 Å². The van der Waals surface area contributed by atoms with Gasteiger partial charge in [0.25, 0.3) is 0 Å². The summed E-state index contributed by atoms with van der Waals surface area (Å²) in [5, 5.41) is 5.73. The van der Waals surface area contributed by atoms with Gasteiger partial charge in [0.15, 0.2) is 5.65 Å². The number of likely N-dealkylation sites (tertiary alicyclic amines) is 1. The second-order valence-corrected chi connectivity index (χ2v) is 8.70. The summed E-state index contributed by atoms with van der Waals surface area (Å²) in [4.78, 5) is 24.5. The van der Waals surface area contributed by atoms with Crippen LogP contribution in [0.3, 0.4) is 0 Å². The Hall–Kier alpha value is -2.67. The molecular weight excluding hydrogens is 376 g/mol. The topological polar surface area (TPSA) is 57.0 Å². The predicted octanol–water partition coefficient (Wildman–Crippen LogP) is 2.71. The van der Waals surface area contributed by atoms with Gasteiger partial charge in [-0.1, -0.05) is 12.1 Å². The van der Waals surface area contributed by atoms with Gasteiger partial charge < -0.3 is 9.80 Å². The van der Waals surface area contributed by atoms with Gasteiger partial charge in [0.2, 0.25) is 5.91 Å². The molecule has 158 valence electrons. The monoisotopic (exact) mass is 406 g/mol.